The maximum absolute atomic E-state index is 12.3. The monoisotopic (exact) mass is 488 g/mol. The molecule has 0 aromatic rings. The van der Waals surface area contributed by atoms with Crippen LogP contribution in [0.5, 0.6) is 0 Å². The molecule has 10 heteroatoms. The molecule has 0 aromatic heterocycles. The van der Waals surface area contributed by atoms with E-state index >= 15 is 0 Å². The maximum atomic E-state index is 12.3. The second-order valence-electron chi connectivity index (χ2n) is 10.7. The zero-order chi connectivity index (χ0) is 25.5. The third kappa shape index (κ3) is 4.18. The van der Waals surface area contributed by atoms with Crippen LogP contribution in [0.15, 0.2) is 12.7 Å². The average Bonchev–Trinajstić information content (AvgIpc) is 3.44. The molecule has 10 nitrogen and oxygen atoms in total. The van der Waals surface area contributed by atoms with Crippen molar-refractivity contribution in [3.05, 3.63) is 12.7 Å². The molecule has 194 valence electrons. The number of likely N-dealkylation sites (tertiary alicyclic amines) is 2. The number of primary amides is 2. The summed E-state index contributed by atoms with van der Waals surface area (Å²) in [5.74, 6) is 5.60. The van der Waals surface area contributed by atoms with Gasteiger partial charge in [-0.05, 0) is 52.6 Å². The van der Waals surface area contributed by atoms with Crippen molar-refractivity contribution in [1.29, 1.82) is 0 Å². The van der Waals surface area contributed by atoms with Gasteiger partial charge in [-0.25, -0.2) is 0 Å². The molecular weight excluding hydrogens is 448 g/mol. The lowest BCUT2D eigenvalue weighted by Crippen LogP contribution is -2.83. The number of nitrogens with zero attached hydrogens (tertiary/aromatic N) is 2. The number of carbonyl (C=O) groups is 2. The van der Waals surface area contributed by atoms with Crippen LogP contribution in [0.2, 0.25) is 0 Å². The Labute approximate surface area is 207 Å². The Morgan fingerprint density at radius 3 is 2.23 bits per heavy atom. The molecule has 4 fully saturated rings. The van der Waals surface area contributed by atoms with Crippen LogP contribution in [0.4, 0.5) is 0 Å². The Balaban J connectivity index is 1.61. The number of aliphatic hydroxyl groups excluding tert-OH is 2. The van der Waals surface area contributed by atoms with E-state index in [0.29, 0.717) is 13.0 Å². The Morgan fingerprint density at radius 1 is 1.11 bits per heavy atom. The fraction of sp³-hybridized carbons (Fsp3) is 0.760. The minimum atomic E-state index is -0.931. The number of nitrogens with two attached hydrogens (primary N) is 2. The van der Waals surface area contributed by atoms with Gasteiger partial charge in [0.1, 0.15) is 12.1 Å². The highest BCUT2D eigenvalue weighted by Crippen LogP contribution is 2.46. The molecule has 4 aliphatic heterocycles. The second kappa shape index (κ2) is 9.81. The van der Waals surface area contributed by atoms with E-state index in [0.717, 1.165) is 38.8 Å². The molecule has 0 aliphatic carbocycles. The highest BCUT2D eigenvalue weighted by atomic mass is 16.3. The molecule has 0 bridgehead atoms. The van der Waals surface area contributed by atoms with Gasteiger partial charge >= 0.3 is 0 Å². The largest absolute Gasteiger partial charge is 0.391 e. The summed E-state index contributed by atoms with van der Waals surface area (Å²) in [5.41, 5.74) is 10.8. The zero-order valence-corrected chi connectivity index (χ0v) is 20.7. The normalized spacial score (nSPS) is 38.1. The summed E-state index contributed by atoms with van der Waals surface area (Å²) in [5, 5.41) is 27.8. The fourth-order valence-electron chi connectivity index (χ4n) is 7.11. The zero-order valence-electron chi connectivity index (χ0n) is 20.7. The Hall–Kier alpha value is -2.00. The van der Waals surface area contributed by atoms with E-state index in [4.69, 9.17) is 11.5 Å². The number of aliphatic hydroxyl groups is 2. The quantitative estimate of drug-likeness (QED) is 0.169. The molecule has 4 aliphatic rings. The van der Waals surface area contributed by atoms with Gasteiger partial charge in [-0.1, -0.05) is 17.9 Å². The molecule has 35 heavy (non-hydrogen) atoms. The van der Waals surface area contributed by atoms with Gasteiger partial charge in [-0.3, -0.25) is 19.4 Å². The number of nitrogens with one attached hydrogen (secondary N) is 2. The van der Waals surface area contributed by atoms with Crippen molar-refractivity contribution >= 4 is 11.8 Å². The van der Waals surface area contributed by atoms with Gasteiger partial charge in [0.25, 0.3) is 0 Å². The molecule has 5 unspecified atom stereocenters. The minimum Gasteiger partial charge on any atom is -0.391 e. The van der Waals surface area contributed by atoms with E-state index < -0.39 is 36.1 Å². The lowest BCUT2D eigenvalue weighted by atomic mass is 9.68. The Bertz CT molecular complexity index is 899. The lowest BCUT2D eigenvalue weighted by Gasteiger charge is -2.63. The van der Waals surface area contributed by atoms with Crippen LogP contribution in [0.25, 0.3) is 0 Å². The fourth-order valence-corrected chi connectivity index (χ4v) is 7.11. The number of carbonyl (C=O) groups excluding carboxylic acids is 2. The van der Waals surface area contributed by atoms with Crippen LogP contribution in [-0.4, -0.2) is 105 Å². The molecule has 2 spiro atoms. The molecule has 9 atom stereocenters. The standard InChI is InChI=1S/C25H40N6O4/c1-4-17-25(11-7-13-29-25)19(31(17)21(16(3)33)23(27)35)9-5-8-18-24(10-6-12-28-24)14-30(18)20(15(2)32)22(26)34/h4,15-21,28-29,32-33H,1,6-7,9-14H2,2-3H3,(H2,26,34)(H2,27,35)/t15-,16-,17?,18?,19?,20+,21+,24?,25?/m1/s1. The summed E-state index contributed by atoms with van der Waals surface area (Å²) in [6.07, 6.45) is 4.36. The van der Waals surface area contributed by atoms with Crippen LogP contribution in [0.1, 0.15) is 46.0 Å². The highest BCUT2D eigenvalue weighted by molar-refractivity contribution is 5.81. The van der Waals surface area contributed by atoms with E-state index in [1.807, 2.05) is 15.9 Å². The van der Waals surface area contributed by atoms with E-state index in [2.05, 4.69) is 29.1 Å². The molecule has 0 saturated carbocycles. The number of amides is 2. The number of hydrogen-bond acceptors (Lipinski definition) is 8. The smallest absolute Gasteiger partial charge is 0.237 e. The Morgan fingerprint density at radius 2 is 1.74 bits per heavy atom. The summed E-state index contributed by atoms with van der Waals surface area (Å²) < 4.78 is 0. The molecule has 0 radical (unpaired) electrons. The summed E-state index contributed by atoms with van der Waals surface area (Å²) >= 11 is 0. The molecule has 4 rings (SSSR count). The van der Waals surface area contributed by atoms with Crippen molar-refractivity contribution in [2.75, 3.05) is 19.6 Å². The average molecular weight is 489 g/mol. The van der Waals surface area contributed by atoms with Crippen molar-refractivity contribution in [2.45, 2.75) is 99.4 Å². The minimum absolute atomic E-state index is 0.127. The van der Waals surface area contributed by atoms with Gasteiger partial charge in [-0.15, -0.1) is 6.58 Å². The first-order chi connectivity index (χ1) is 16.6. The van der Waals surface area contributed by atoms with Gasteiger partial charge in [0.2, 0.25) is 11.8 Å². The Kier molecular flexibility index (Phi) is 7.31. The first kappa shape index (κ1) is 26.1. The summed E-state index contributed by atoms with van der Waals surface area (Å²) in [4.78, 5) is 28.2. The van der Waals surface area contributed by atoms with Crippen LogP contribution in [0.3, 0.4) is 0 Å². The second-order valence-corrected chi connectivity index (χ2v) is 10.7. The third-order valence-corrected chi connectivity index (χ3v) is 8.55. The number of rotatable bonds is 8. The van der Waals surface area contributed by atoms with Gasteiger partial charge in [-0.2, -0.15) is 0 Å². The molecule has 2 amide bonds. The van der Waals surface area contributed by atoms with E-state index in [9.17, 15) is 19.8 Å². The van der Waals surface area contributed by atoms with E-state index in [1.54, 1.807) is 13.8 Å². The molecular formula is C25H40N6O4. The SMILES string of the molecule is C=CC1N([C@H](C(N)=O)[C@@H](C)O)C(CC#CC2N([C@H](C(N)=O)[C@@H](C)O)CC23CCCN3)C12CCCN2. The van der Waals surface area contributed by atoms with Crippen molar-refractivity contribution < 1.29 is 19.8 Å². The summed E-state index contributed by atoms with van der Waals surface area (Å²) in [6, 6.07) is -2.16. The van der Waals surface area contributed by atoms with Crippen LogP contribution in [0, 0.1) is 11.8 Å². The molecule has 0 aromatic carbocycles. The third-order valence-electron chi connectivity index (χ3n) is 8.55. The topological polar surface area (TPSA) is 157 Å². The molecule has 4 saturated heterocycles. The first-order valence-electron chi connectivity index (χ1n) is 12.7. The van der Waals surface area contributed by atoms with E-state index in [-0.39, 0.29) is 29.2 Å². The predicted octanol–water partition coefficient (Wildman–Crippen LogP) is -1.98. The van der Waals surface area contributed by atoms with E-state index in [1.165, 1.54) is 0 Å². The predicted molar refractivity (Wildman–Crippen MR) is 132 cm³/mol. The van der Waals surface area contributed by atoms with Crippen LogP contribution in [-0.2, 0) is 9.59 Å². The van der Waals surface area contributed by atoms with Crippen molar-refractivity contribution in [3.8, 4) is 11.8 Å². The van der Waals surface area contributed by atoms with Crippen molar-refractivity contribution in [3.63, 3.8) is 0 Å². The van der Waals surface area contributed by atoms with Crippen molar-refractivity contribution in [1.82, 2.24) is 20.4 Å². The van der Waals surface area contributed by atoms with Gasteiger partial charge in [0, 0.05) is 25.0 Å². The van der Waals surface area contributed by atoms with Crippen LogP contribution < -0.4 is 22.1 Å². The van der Waals surface area contributed by atoms with Gasteiger partial charge < -0.3 is 32.3 Å². The first-order valence-corrected chi connectivity index (χ1v) is 12.7. The molecule has 8 N–H and O–H groups in total. The van der Waals surface area contributed by atoms with Crippen LogP contribution >= 0.6 is 0 Å². The maximum Gasteiger partial charge on any atom is 0.237 e. The van der Waals surface area contributed by atoms with Gasteiger partial charge in [0.05, 0.1) is 29.3 Å². The summed E-state index contributed by atoms with van der Waals surface area (Å²) in [7, 11) is 0. The lowest BCUT2D eigenvalue weighted by molar-refractivity contribution is -0.149. The van der Waals surface area contributed by atoms with Crippen molar-refractivity contribution in [2.24, 2.45) is 11.5 Å². The van der Waals surface area contributed by atoms with Gasteiger partial charge in [0.15, 0.2) is 0 Å². The highest BCUT2D eigenvalue weighted by Gasteiger charge is 2.63. The summed E-state index contributed by atoms with van der Waals surface area (Å²) in [6.45, 7) is 9.51. The number of hydrogen-bond donors (Lipinski definition) is 6. The molecule has 4 heterocycles.